The number of likely N-dealkylation sites (tertiary alicyclic amines) is 1. The third kappa shape index (κ3) is 5.41. The topological polar surface area (TPSA) is 49.4 Å². The number of halogens is 3. The maximum absolute atomic E-state index is 13.8. The summed E-state index contributed by atoms with van der Waals surface area (Å²) in [5.74, 6) is -1.60. The minimum absolute atomic E-state index is 0.0183. The first-order chi connectivity index (χ1) is 13.8. The van der Waals surface area contributed by atoms with Gasteiger partial charge < -0.3 is 10.2 Å². The second kappa shape index (κ2) is 9.48. The summed E-state index contributed by atoms with van der Waals surface area (Å²) in [6, 6.07) is 10.6. The molecule has 0 bridgehead atoms. The van der Waals surface area contributed by atoms with Gasteiger partial charge in [-0.05, 0) is 62.6 Å². The molecule has 1 aliphatic rings. The molecule has 1 unspecified atom stereocenters. The summed E-state index contributed by atoms with van der Waals surface area (Å²) in [4.78, 5) is 26.9. The number of rotatable bonds is 5. The summed E-state index contributed by atoms with van der Waals surface area (Å²) in [5.41, 5.74) is 0.604. The Hall–Kier alpha value is -2.28. The van der Waals surface area contributed by atoms with Gasteiger partial charge in [-0.2, -0.15) is 0 Å². The Bertz CT molecular complexity index is 861. The van der Waals surface area contributed by atoms with Crippen molar-refractivity contribution in [3.05, 3.63) is 69.7 Å². The molecule has 2 aromatic carbocycles. The molecular formula is C22H23BrF2N2O2. The zero-order valence-corrected chi connectivity index (χ0v) is 17.7. The molecule has 3 rings (SSSR count). The number of hydrogen-bond donors (Lipinski definition) is 1. The summed E-state index contributed by atoms with van der Waals surface area (Å²) in [5, 5.41) is 2.85. The molecule has 154 valence electrons. The van der Waals surface area contributed by atoms with Gasteiger partial charge in [0.15, 0.2) is 0 Å². The van der Waals surface area contributed by atoms with Crippen LogP contribution in [0.25, 0.3) is 0 Å². The Balaban J connectivity index is 1.50. The van der Waals surface area contributed by atoms with Crippen LogP contribution in [0.15, 0.2) is 46.9 Å². The molecule has 1 saturated heterocycles. The molecule has 1 aliphatic heterocycles. The molecule has 1 heterocycles. The fourth-order valence-corrected chi connectivity index (χ4v) is 3.83. The largest absolute Gasteiger partial charge is 0.353 e. The minimum atomic E-state index is -0.606. The molecule has 1 atom stereocenters. The average molecular weight is 465 g/mol. The van der Waals surface area contributed by atoms with Gasteiger partial charge in [0.2, 0.25) is 5.91 Å². The van der Waals surface area contributed by atoms with Gasteiger partial charge in [0, 0.05) is 40.6 Å². The number of carbonyl (C=O) groups is 2. The SMILES string of the molecule is CC(Cc1c(F)cccc1F)NC(=O)C1CCN(C(=O)c2ccc(Br)cc2)CC1. The molecule has 0 radical (unpaired) electrons. The van der Waals surface area contributed by atoms with Crippen molar-refractivity contribution in [1.29, 1.82) is 0 Å². The number of benzene rings is 2. The van der Waals surface area contributed by atoms with Crippen LogP contribution >= 0.6 is 15.9 Å². The molecule has 0 aliphatic carbocycles. The Kier molecular flexibility index (Phi) is 7.00. The van der Waals surface area contributed by atoms with E-state index in [0.29, 0.717) is 31.5 Å². The Morgan fingerprint density at radius 1 is 1.10 bits per heavy atom. The first kappa shape index (κ1) is 21.4. The molecule has 0 spiro atoms. The Labute approximate surface area is 177 Å². The fraction of sp³-hybridized carbons (Fsp3) is 0.364. The summed E-state index contributed by atoms with van der Waals surface area (Å²) in [6.07, 6.45) is 1.22. The third-order valence-corrected chi connectivity index (χ3v) is 5.73. The lowest BCUT2D eigenvalue weighted by Gasteiger charge is -2.32. The smallest absolute Gasteiger partial charge is 0.253 e. The molecule has 2 amide bonds. The quantitative estimate of drug-likeness (QED) is 0.715. The van der Waals surface area contributed by atoms with Crippen molar-refractivity contribution in [2.75, 3.05) is 13.1 Å². The molecule has 1 fully saturated rings. The van der Waals surface area contributed by atoms with Gasteiger partial charge in [0.1, 0.15) is 11.6 Å². The monoisotopic (exact) mass is 464 g/mol. The van der Waals surface area contributed by atoms with Gasteiger partial charge in [0.25, 0.3) is 5.91 Å². The van der Waals surface area contributed by atoms with Gasteiger partial charge in [-0.1, -0.05) is 22.0 Å². The first-order valence-electron chi connectivity index (χ1n) is 9.63. The van der Waals surface area contributed by atoms with Gasteiger partial charge in [-0.15, -0.1) is 0 Å². The van der Waals surface area contributed by atoms with E-state index in [2.05, 4.69) is 21.2 Å². The van der Waals surface area contributed by atoms with Crippen LogP contribution in [0.1, 0.15) is 35.7 Å². The van der Waals surface area contributed by atoms with Gasteiger partial charge in [-0.3, -0.25) is 9.59 Å². The third-order valence-electron chi connectivity index (χ3n) is 5.20. The number of carbonyl (C=O) groups excluding carboxylic acids is 2. The molecule has 2 aromatic rings. The zero-order valence-electron chi connectivity index (χ0n) is 16.1. The van der Waals surface area contributed by atoms with Crippen LogP contribution in [-0.4, -0.2) is 35.8 Å². The van der Waals surface area contributed by atoms with Crippen LogP contribution in [0.3, 0.4) is 0 Å². The van der Waals surface area contributed by atoms with Crippen molar-refractivity contribution in [3.63, 3.8) is 0 Å². The van der Waals surface area contributed by atoms with Crippen molar-refractivity contribution >= 4 is 27.7 Å². The second-order valence-corrected chi connectivity index (χ2v) is 8.30. The molecule has 0 aromatic heterocycles. The maximum atomic E-state index is 13.8. The number of piperidine rings is 1. The van der Waals surface area contributed by atoms with Crippen LogP contribution in [0.4, 0.5) is 8.78 Å². The maximum Gasteiger partial charge on any atom is 0.253 e. The van der Waals surface area contributed by atoms with Crippen LogP contribution in [0.2, 0.25) is 0 Å². The van der Waals surface area contributed by atoms with Crippen molar-refractivity contribution in [2.24, 2.45) is 5.92 Å². The summed E-state index contributed by atoms with van der Waals surface area (Å²) in [6.45, 7) is 2.74. The predicted octanol–water partition coefficient (Wildman–Crippen LogP) is 4.33. The normalized spacial score (nSPS) is 15.8. The highest BCUT2D eigenvalue weighted by molar-refractivity contribution is 9.10. The highest BCUT2D eigenvalue weighted by atomic mass is 79.9. The number of nitrogens with zero attached hydrogens (tertiary/aromatic N) is 1. The molecular weight excluding hydrogens is 442 g/mol. The van der Waals surface area contributed by atoms with Crippen LogP contribution < -0.4 is 5.32 Å². The van der Waals surface area contributed by atoms with E-state index in [0.717, 1.165) is 4.47 Å². The van der Waals surface area contributed by atoms with Crippen LogP contribution in [-0.2, 0) is 11.2 Å². The van der Waals surface area contributed by atoms with E-state index in [1.54, 1.807) is 24.0 Å². The van der Waals surface area contributed by atoms with E-state index in [9.17, 15) is 18.4 Å². The van der Waals surface area contributed by atoms with Crippen LogP contribution in [0.5, 0.6) is 0 Å². The highest BCUT2D eigenvalue weighted by Crippen LogP contribution is 2.21. The highest BCUT2D eigenvalue weighted by Gasteiger charge is 2.28. The number of hydrogen-bond acceptors (Lipinski definition) is 2. The Morgan fingerprint density at radius 2 is 1.69 bits per heavy atom. The van der Waals surface area contributed by atoms with Crippen molar-refractivity contribution < 1.29 is 18.4 Å². The second-order valence-electron chi connectivity index (χ2n) is 7.39. The van der Waals surface area contributed by atoms with E-state index >= 15 is 0 Å². The molecule has 7 heteroatoms. The summed E-state index contributed by atoms with van der Waals surface area (Å²) in [7, 11) is 0. The molecule has 29 heavy (non-hydrogen) atoms. The standard InChI is InChI=1S/C22H23BrF2N2O2/c1-14(13-18-19(24)3-2-4-20(18)25)26-21(28)15-9-11-27(12-10-15)22(29)16-5-7-17(23)8-6-16/h2-8,14-15H,9-13H2,1H3,(H,26,28). The van der Waals surface area contributed by atoms with Crippen molar-refractivity contribution in [3.8, 4) is 0 Å². The average Bonchev–Trinajstić information content (AvgIpc) is 2.71. The van der Waals surface area contributed by atoms with Gasteiger partial charge in [-0.25, -0.2) is 8.78 Å². The summed E-state index contributed by atoms with van der Waals surface area (Å²) >= 11 is 3.35. The van der Waals surface area contributed by atoms with E-state index < -0.39 is 17.7 Å². The van der Waals surface area contributed by atoms with E-state index in [1.807, 2.05) is 12.1 Å². The molecule has 1 N–H and O–H groups in total. The predicted molar refractivity (Wildman–Crippen MR) is 110 cm³/mol. The fourth-order valence-electron chi connectivity index (χ4n) is 3.57. The minimum Gasteiger partial charge on any atom is -0.353 e. The molecule has 4 nitrogen and oxygen atoms in total. The van der Waals surface area contributed by atoms with Crippen molar-refractivity contribution in [1.82, 2.24) is 10.2 Å². The Morgan fingerprint density at radius 3 is 2.28 bits per heavy atom. The zero-order chi connectivity index (χ0) is 21.0. The lowest BCUT2D eigenvalue weighted by molar-refractivity contribution is -0.126. The van der Waals surface area contributed by atoms with Gasteiger partial charge >= 0.3 is 0 Å². The van der Waals surface area contributed by atoms with E-state index in [4.69, 9.17) is 0 Å². The summed E-state index contributed by atoms with van der Waals surface area (Å²) < 4.78 is 28.5. The lowest BCUT2D eigenvalue weighted by atomic mass is 9.94. The molecule has 0 saturated carbocycles. The number of amides is 2. The van der Waals surface area contributed by atoms with E-state index in [-0.39, 0.29) is 29.7 Å². The first-order valence-corrected chi connectivity index (χ1v) is 10.4. The lowest BCUT2D eigenvalue weighted by Crippen LogP contribution is -2.45. The van der Waals surface area contributed by atoms with Crippen LogP contribution in [0, 0.1) is 17.6 Å². The number of nitrogens with one attached hydrogen (secondary N) is 1. The van der Waals surface area contributed by atoms with Gasteiger partial charge in [0.05, 0.1) is 0 Å². The van der Waals surface area contributed by atoms with E-state index in [1.165, 1.54) is 18.2 Å². The van der Waals surface area contributed by atoms with Crippen molar-refractivity contribution in [2.45, 2.75) is 32.2 Å².